The Hall–Kier alpha value is -1.33. The first-order valence-corrected chi connectivity index (χ1v) is 5.93. The summed E-state index contributed by atoms with van der Waals surface area (Å²) in [6.07, 6.45) is -0.359. The van der Waals surface area contributed by atoms with E-state index >= 15 is 0 Å². The van der Waals surface area contributed by atoms with Crippen LogP contribution in [0, 0.1) is 0 Å². The lowest BCUT2D eigenvalue weighted by atomic mass is 10.3. The van der Waals surface area contributed by atoms with Gasteiger partial charge in [-0.3, -0.25) is 0 Å². The van der Waals surface area contributed by atoms with Crippen molar-refractivity contribution < 1.29 is 5.11 Å². The Morgan fingerprint density at radius 3 is 3.00 bits per heavy atom. The lowest BCUT2D eigenvalue weighted by Gasteiger charge is -2.16. The van der Waals surface area contributed by atoms with E-state index in [1.807, 2.05) is 30.1 Å². The zero-order valence-corrected chi connectivity index (χ0v) is 10.2. The van der Waals surface area contributed by atoms with Gasteiger partial charge in [0, 0.05) is 19.3 Å². The fourth-order valence-electron chi connectivity index (χ4n) is 1.57. The molecule has 0 aliphatic carbocycles. The number of likely N-dealkylation sites (N-methyl/N-ethyl adjacent to an activating group) is 1. The molecule has 0 saturated heterocycles. The SMILES string of the molecule is CC(O)CN(C)c1nc2ccc(N)cc2s1. The molecule has 1 aromatic carbocycles. The minimum absolute atomic E-state index is 0.359. The number of anilines is 2. The molecular weight excluding hydrogens is 222 g/mol. The van der Waals surface area contributed by atoms with Crippen LogP contribution >= 0.6 is 11.3 Å². The molecule has 0 aliphatic rings. The van der Waals surface area contributed by atoms with Gasteiger partial charge in [0.2, 0.25) is 0 Å². The number of thiazole rings is 1. The Balaban J connectivity index is 2.32. The molecule has 0 bridgehead atoms. The Morgan fingerprint density at radius 2 is 2.31 bits per heavy atom. The van der Waals surface area contributed by atoms with Crippen LogP contribution in [0.4, 0.5) is 10.8 Å². The minimum Gasteiger partial charge on any atom is -0.399 e. The number of rotatable bonds is 3. The number of nitrogens with two attached hydrogens (primary N) is 1. The molecule has 3 N–H and O–H groups in total. The molecule has 1 aromatic heterocycles. The summed E-state index contributed by atoms with van der Waals surface area (Å²) < 4.78 is 1.08. The van der Waals surface area contributed by atoms with E-state index in [9.17, 15) is 5.11 Å². The fraction of sp³-hybridized carbons (Fsp3) is 0.364. The van der Waals surface area contributed by atoms with Crippen molar-refractivity contribution in [2.75, 3.05) is 24.2 Å². The molecule has 0 amide bonds. The zero-order valence-electron chi connectivity index (χ0n) is 9.34. The van der Waals surface area contributed by atoms with Gasteiger partial charge in [0.15, 0.2) is 5.13 Å². The Kier molecular flexibility index (Phi) is 2.98. The largest absolute Gasteiger partial charge is 0.399 e. The summed E-state index contributed by atoms with van der Waals surface area (Å²) in [5, 5.41) is 10.2. The molecule has 4 nitrogen and oxygen atoms in total. The number of aliphatic hydroxyl groups excluding tert-OH is 1. The maximum Gasteiger partial charge on any atom is 0.186 e. The molecule has 0 saturated carbocycles. The van der Waals surface area contributed by atoms with Crippen molar-refractivity contribution in [1.29, 1.82) is 0 Å². The quantitative estimate of drug-likeness (QED) is 0.798. The third kappa shape index (κ3) is 2.25. The number of fused-ring (bicyclic) bond motifs is 1. The van der Waals surface area contributed by atoms with Crippen molar-refractivity contribution in [1.82, 2.24) is 4.98 Å². The van der Waals surface area contributed by atoms with Crippen molar-refractivity contribution in [3.8, 4) is 0 Å². The van der Waals surface area contributed by atoms with Crippen molar-refractivity contribution in [2.45, 2.75) is 13.0 Å². The van der Waals surface area contributed by atoms with E-state index in [1.165, 1.54) is 0 Å². The molecule has 86 valence electrons. The van der Waals surface area contributed by atoms with E-state index in [-0.39, 0.29) is 6.10 Å². The predicted molar refractivity (Wildman–Crippen MR) is 69.0 cm³/mol. The summed E-state index contributed by atoms with van der Waals surface area (Å²) in [5.74, 6) is 0. The van der Waals surface area contributed by atoms with Crippen molar-refractivity contribution in [3.63, 3.8) is 0 Å². The summed E-state index contributed by atoms with van der Waals surface area (Å²) in [4.78, 5) is 6.43. The van der Waals surface area contributed by atoms with E-state index in [0.29, 0.717) is 6.54 Å². The standard InChI is InChI=1S/C11H15N3OS/c1-7(15)6-14(2)11-13-9-4-3-8(12)5-10(9)16-11/h3-5,7,15H,6,12H2,1-2H3. The number of hydrogen-bond acceptors (Lipinski definition) is 5. The fourth-order valence-corrected chi connectivity index (χ4v) is 2.55. The maximum atomic E-state index is 9.32. The highest BCUT2D eigenvalue weighted by molar-refractivity contribution is 7.22. The summed E-state index contributed by atoms with van der Waals surface area (Å²) in [6, 6.07) is 5.69. The number of aromatic nitrogens is 1. The van der Waals surface area contributed by atoms with Crippen LogP contribution in [0.25, 0.3) is 10.2 Å². The highest BCUT2D eigenvalue weighted by Crippen LogP contribution is 2.29. The van der Waals surface area contributed by atoms with Crippen LogP contribution in [0.2, 0.25) is 0 Å². The van der Waals surface area contributed by atoms with Crippen molar-refractivity contribution in [2.24, 2.45) is 0 Å². The van der Waals surface area contributed by atoms with Gasteiger partial charge < -0.3 is 15.7 Å². The second-order valence-corrected chi connectivity index (χ2v) is 4.96. The lowest BCUT2D eigenvalue weighted by molar-refractivity contribution is 0.201. The highest BCUT2D eigenvalue weighted by atomic mass is 32.1. The Labute approximate surface area is 98.3 Å². The third-order valence-electron chi connectivity index (χ3n) is 2.27. The summed E-state index contributed by atoms with van der Waals surface area (Å²) in [7, 11) is 1.92. The van der Waals surface area contributed by atoms with Gasteiger partial charge in [-0.25, -0.2) is 4.98 Å². The first-order valence-electron chi connectivity index (χ1n) is 5.11. The summed E-state index contributed by atoms with van der Waals surface area (Å²) >= 11 is 1.59. The van der Waals surface area contributed by atoms with Crippen LogP contribution in [-0.2, 0) is 0 Å². The summed E-state index contributed by atoms with van der Waals surface area (Å²) in [5.41, 5.74) is 7.42. The van der Waals surface area contributed by atoms with Gasteiger partial charge in [0.1, 0.15) is 0 Å². The van der Waals surface area contributed by atoms with Gasteiger partial charge >= 0.3 is 0 Å². The van der Waals surface area contributed by atoms with E-state index in [0.717, 1.165) is 21.0 Å². The predicted octanol–water partition coefficient (Wildman–Crippen LogP) is 1.70. The van der Waals surface area contributed by atoms with Gasteiger partial charge in [-0.05, 0) is 25.1 Å². The van der Waals surface area contributed by atoms with Crippen LogP contribution in [0.1, 0.15) is 6.92 Å². The molecule has 0 aliphatic heterocycles. The van der Waals surface area contributed by atoms with Crippen molar-refractivity contribution in [3.05, 3.63) is 18.2 Å². The first-order chi connectivity index (χ1) is 7.56. The molecule has 0 fully saturated rings. The molecule has 1 heterocycles. The normalized spacial score (nSPS) is 12.9. The monoisotopic (exact) mass is 237 g/mol. The number of hydrogen-bond donors (Lipinski definition) is 2. The molecule has 0 spiro atoms. The second-order valence-electron chi connectivity index (χ2n) is 3.95. The lowest BCUT2D eigenvalue weighted by Crippen LogP contribution is -2.26. The second kappa shape index (κ2) is 4.27. The minimum atomic E-state index is -0.359. The number of aliphatic hydroxyl groups is 1. The topological polar surface area (TPSA) is 62.4 Å². The van der Waals surface area contributed by atoms with Crippen LogP contribution in [0.15, 0.2) is 18.2 Å². The first kappa shape index (κ1) is 11.2. The molecule has 5 heteroatoms. The van der Waals surface area contributed by atoms with E-state index in [1.54, 1.807) is 18.3 Å². The van der Waals surface area contributed by atoms with Crippen LogP contribution < -0.4 is 10.6 Å². The summed E-state index contributed by atoms with van der Waals surface area (Å²) in [6.45, 7) is 2.34. The molecule has 1 unspecified atom stereocenters. The number of benzene rings is 1. The highest BCUT2D eigenvalue weighted by Gasteiger charge is 2.10. The van der Waals surface area contributed by atoms with Gasteiger partial charge in [-0.1, -0.05) is 11.3 Å². The number of nitrogen functional groups attached to an aromatic ring is 1. The molecule has 0 radical (unpaired) electrons. The van der Waals surface area contributed by atoms with Gasteiger partial charge in [-0.2, -0.15) is 0 Å². The van der Waals surface area contributed by atoms with Crippen LogP contribution in [-0.4, -0.2) is 29.8 Å². The van der Waals surface area contributed by atoms with Gasteiger partial charge in [0.25, 0.3) is 0 Å². The van der Waals surface area contributed by atoms with Crippen molar-refractivity contribution >= 4 is 32.4 Å². The average molecular weight is 237 g/mol. The van der Waals surface area contributed by atoms with E-state index in [4.69, 9.17) is 5.73 Å². The zero-order chi connectivity index (χ0) is 11.7. The average Bonchev–Trinajstić information content (AvgIpc) is 2.59. The molecule has 16 heavy (non-hydrogen) atoms. The third-order valence-corrected chi connectivity index (χ3v) is 3.40. The van der Waals surface area contributed by atoms with Crippen LogP contribution in [0.3, 0.4) is 0 Å². The number of nitrogens with zero attached hydrogens (tertiary/aromatic N) is 2. The van der Waals surface area contributed by atoms with E-state index < -0.39 is 0 Å². The van der Waals surface area contributed by atoms with Gasteiger partial charge in [-0.15, -0.1) is 0 Å². The molecule has 2 aromatic rings. The molecule has 2 rings (SSSR count). The Morgan fingerprint density at radius 1 is 1.56 bits per heavy atom. The van der Waals surface area contributed by atoms with Crippen LogP contribution in [0.5, 0.6) is 0 Å². The van der Waals surface area contributed by atoms with Gasteiger partial charge in [0.05, 0.1) is 16.3 Å². The maximum absolute atomic E-state index is 9.32. The smallest absolute Gasteiger partial charge is 0.186 e. The Bertz CT molecular complexity index is 495. The molecular formula is C11H15N3OS. The van der Waals surface area contributed by atoms with E-state index in [2.05, 4.69) is 4.98 Å². The molecule has 1 atom stereocenters.